The molecule has 19 heavy (non-hydrogen) atoms. The third-order valence-electron chi connectivity index (χ3n) is 2.57. The van der Waals surface area contributed by atoms with Crippen molar-refractivity contribution in [1.82, 2.24) is 9.55 Å². The summed E-state index contributed by atoms with van der Waals surface area (Å²) in [7, 11) is 0. The van der Waals surface area contributed by atoms with Gasteiger partial charge in [0.25, 0.3) is 5.56 Å². The summed E-state index contributed by atoms with van der Waals surface area (Å²) in [6, 6.07) is 0. The molecule has 0 saturated carbocycles. The fraction of sp³-hybridized carbons (Fsp3) is 0.600. The Morgan fingerprint density at radius 2 is 2.21 bits per heavy atom. The first-order valence-electron chi connectivity index (χ1n) is 5.36. The predicted octanol–water partition coefficient (Wildman–Crippen LogP) is -0.829. The second-order valence-corrected chi connectivity index (χ2v) is 3.78. The maximum absolute atomic E-state index is 13.0. The fourth-order valence-electron chi connectivity index (χ4n) is 1.75. The Morgan fingerprint density at radius 1 is 1.58 bits per heavy atom. The number of nitrogens with one attached hydrogen (secondary N) is 1. The zero-order valence-corrected chi connectivity index (χ0v) is 10.8. The summed E-state index contributed by atoms with van der Waals surface area (Å²) in [5, 5.41) is 18.5. The molecule has 3 atom stereocenters. The van der Waals surface area contributed by atoms with Crippen LogP contribution in [0.4, 0.5) is 4.39 Å². The number of aromatic amines is 1. The van der Waals surface area contributed by atoms with E-state index in [9.17, 15) is 19.1 Å². The Kier molecular flexibility index (Phi) is 5.67. The minimum atomic E-state index is -1.15. The van der Waals surface area contributed by atoms with Gasteiger partial charge in [-0.2, -0.15) is 4.39 Å². The van der Waals surface area contributed by atoms with Crippen molar-refractivity contribution >= 4 is 11.6 Å². The van der Waals surface area contributed by atoms with Crippen LogP contribution in [0.1, 0.15) is 12.6 Å². The van der Waals surface area contributed by atoms with Crippen molar-refractivity contribution in [3.05, 3.63) is 32.9 Å². The molecular weight excluding hydrogens is 283 g/mol. The van der Waals surface area contributed by atoms with Crippen LogP contribution in [-0.4, -0.2) is 45.0 Å². The van der Waals surface area contributed by atoms with Gasteiger partial charge in [-0.15, -0.1) is 11.6 Å². The van der Waals surface area contributed by atoms with Crippen molar-refractivity contribution in [2.75, 3.05) is 13.0 Å². The molecule has 0 spiro atoms. The minimum absolute atomic E-state index is 0.133. The van der Waals surface area contributed by atoms with Gasteiger partial charge in [0.1, 0.15) is 6.10 Å². The molecule has 0 radical (unpaired) electrons. The summed E-state index contributed by atoms with van der Waals surface area (Å²) in [6.45, 7) is -0.311. The lowest BCUT2D eigenvalue weighted by atomic mass is 10.2. The molecule has 1 fully saturated rings. The Labute approximate surface area is 112 Å². The molecule has 9 heteroatoms. The van der Waals surface area contributed by atoms with Crippen molar-refractivity contribution in [2.45, 2.75) is 24.9 Å². The number of aliphatic hydroxyl groups excluding tert-OH is 2. The normalized spacial score (nSPS) is 25.8. The molecule has 3 N–H and O–H groups in total. The van der Waals surface area contributed by atoms with E-state index < -0.39 is 35.5 Å². The first-order valence-corrected chi connectivity index (χ1v) is 6.11. The molecule has 1 aromatic rings. The quantitative estimate of drug-likeness (QED) is 0.618. The highest BCUT2D eigenvalue weighted by Gasteiger charge is 2.35. The van der Waals surface area contributed by atoms with Crippen LogP contribution in [0.15, 0.2) is 15.8 Å². The van der Waals surface area contributed by atoms with E-state index in [2.05, 4.69) is 11.6 Å². The van der Waals surface area contributed by atoms with Crippen LogP contribution in [0, 0.1) is 5.82 Å². The van der Waals surface area contributed by atoms with Crippen LogP contribution in [0.5, 0.6) is 0 Å². The van der Waals surface area contributed by atoms with Gasteiger partial charge in [-0.05, 0) is 0 Å². The Morgan fingerprint density at radius 3 is 2.74 bits per heavy atom. The lowest BCUT2D eigenvalue weighted by Crippen LogP contribution is -2.36. The maximum atomic E-state index is 13.0. The van der Waals surface area contributed by atoms with Crippen LogP contribution in [-0.2, 0) is 4.74 Å². The number of rotatable bonds is 2. The largest absolute Gasteiger partial charge is 0.394 e. The molecule has 108 valence electrons. The van der Waals surface area contributed by atoms with Crippen LogP contribution >= 0.6 is 11.6 Å². The summed E-state index contributed by atoms with van der Waals surface area (Å²) in [6.07, 6.45) is -0.485. The van der Waals surface area contributed by atoms with E-state index in [4.69, 9.17) is 9.84 Å². The Balaban J connectivity index is 0.000000861. The molecule has 1 aromatic heterocycles. The van der Waals surface area contributed by atoms with Gasteiger partial charge in [0.05, 0.1) is 18.9 Å². The highest BCUT2D eigenvalue weighted by atomic mass is 35.5. The molecule has 1 saturated heterocycles. The average Bonchev–Trinajstić information content (AvgIpc) is 2.77. The third kappa shape index (κ3) is 3.41. The monoisotopic (exact) mass is 296 g/mol. The number of alkyl halides is 1. The van der Waals surface area contributed by atoms with Crippen molar-refractivity contribution < 1.29 is 19.3 Å². The number of aromatic nitrogens is 2. The minimum Gasteiger partial charge on any atom is -0.394 e. The van der Waals surface area contributed by atoms with E-state index in [0.717, 1.165) is 4.57 Å². The van der Waals surface area contributed by atoms with Gasteiger partial charge in [0.15, 0.2) is 6.23 Å². The van der Waals surface area contributed by atoms with Gasteiger partial charge >= 0.3 is 5.69 Å². The third-order valence-corrected chi connectivity index (χ3v) is 2.57. The molecular formula is C10H14ClFN2O5. The molecule has 2 rings (SSSR count). The summed E-state index contributed by atoms with van der Waals surface area (Å²) in [5.41, 5.74) is -2.00. The summed E-state index contributed by atoms with van der Waals surface area (Å²) in [5.74, 6) is -1.15. The van der Waals surface area contributed by atoms with Crippen LogP contribution < -0.4 is 11.2 Å². The molecule has 0 aliphatic carbocycles. The smallest absolute Gasteiger partial charge is 0.330 e. The second kappa shape index (κ2) is 6.80. The number of halogens is 2. The summed E-state index contributed by atoms with van der Waals surface area (Å²) < 4.78 is 18.9. The topological polar surface area (TPSA) is 105 Å². The molecule has 7 nitrogen and oxygen atoms in total. The summed E-state index contributed by atoms with van der Waals surface area (Å²) >= 11 is 4.64. The molecule has 1 aliphatic rings. The highest BCUT2D eigenvalue weighted by molar-refractivity contribution is 6.15. The molecule has 3 unspecified atom stereocenters. The van der Waals surface area contributed by atoms with Crippen molar-refractivity contribution in [3.8, 4) is 0 Å². The van der Waals surface area contributed by atoms with Crippen LogP contribution in [0.25, 0.3) is 0 Å². The standard InChI is InChI=1S/C9H11FN2O5.CH3Cl/c10-5-2-12(9(16)11-7(5)15)8-6(14)1-4(3-13)17-8;1-2/h2,4,6,8,13-14H,1,3H2,(H,11,15,16);1H3. The fourth-order valence-corrected chi connectivity index (χ4v) is 1.75. The first kappa shape index (κ1) is 15.8. The average molecular weight is 297 g/mol. The summed E-state index contributed by atoms with van der Waals surface area (Å²) in [4.78, 5) is 24.0. The van der Waals surface area contributed by atoms with E-state index in [1.165, 1.54) is 6.38 Å². The number of hydrogen-bond donors (Lipinski definition) is 3. The zero-order valence-electron chi connectivity index (χ0n) is 10.0. The zero-order chi connectivity index (χ0) is 14.6. The van der Waals surface area contributed by atoms with Gasteiger partial charge in [0, 0.05) is 12.8 Å². The first-order chi connectivity index (χ1) is 9.02. The molecule has 2 heterocycles. The van der Waals surface area contributed by atoms with Gasteiger partial charge < -0.3 is 14.9 Å². The van der Waals surface area contributed by atoms with Crippen molar-refractivity contribution in [3.63, 3.8) is 0 Å². The molecule has 0 aromatic carbocycles. The van der Waals surface area contributed by atoms with Gasteiger partial charge in [-0.25, -0.2) is 4.79 Å². The number of hydrogen-bond acceptors (Lipinski definition) is 5. The number of H-pyrrole nitrogens is 1. The van der Waals surface area contributed by atoms with Crippen LogP contribution in [0.3, 0.4) is 0 Å². The Bertz CT molecular complexity index is 531. The van der Waals surface area contributed by atoms with E-state index in [-0.39, 0.29) is 13.0 Å². The molecule has 1 aliphatic heterocycles. The second-order valence-electron chi connectivity index (χ2n) is 3.78. The number of aliphatic hydroxyl groups is 2. The lowest BCUT2D eigenvalue weighted by Gasteiger charge is -2.16. The molecule has 0 amide bonds. The SMILES string of the molecule is CCl.O=c1[nH]c(=O)n(C2OC(CO)CC2O)cc1F. The van der Waals surface area contributed by atoms with Gasteiger partial charge in [-0.3, -0.25) is 14.3 Å². The van der Waals surface area contributed by atoms with E-state index in [0.29, 0.717) is 6.20 Å². The van der Waals surface area contributed by atoms with E-state index >= 15 is 0 Å². The Hall–Kier alpha value is -1.22. The predicted molar refractivity (Wildman–Crippen MR) is 64.7 cm³/mol. The van der Waals surface area contributed by atoms with Crippen LogP contribution in [0.2, 0.25) is 0 Å². The van der Waals surface area contributed by atoms with E-state index in [1.807, 2.05) is 0 Å². The van der Waals surface area contributed by atoms with Crippen molar-refractivity contribution in [1.29, 1.82) is 0 Å². The van der Waals surface area contributed by atoms with Gasteiger partial charge in [0.2, 0.25) is 5.82 Å². The van der Waals surface area contributed by atoms with E-state index in [1.54, 1.807) is 4.98 Å². The number of nitrogens with zero attached hydrogens (tertiary/aromatic N) is 1. The molecule has 0 bridgehead atoms. The maximum Gasteiger partial charge on any atom is 0.330 e. The number of ether oxygens (including phenoxy) is 1. The van der Waals surface area contributed by atoms with Crippen molar-refractivity contribution in [2.24, 2.45) is 0 Å². The van der Waals surface area contributed by atoms with Gasteiger partial charge in [-0.1, -0.05) is 0 Å². The lowest BCUT2D eigenvalue weighted by molar-refractivity contribution is -0.0535. The highest BCUT2D eigenvalue weighted by Crippen LogP contribution is 2.27.